The molecule has 0 radical (unpaired) electrons. The lowest BCUT2D eigenvalue weighted by atomic mass is 9.81. The van der Waals surface area contributed by atoms with Crippen molar-refractivity contribution in [1.82, 2.24) is 14.8 Å². The Morgan fingerprint density at radius 1 is 1.24 bits per heavy atom. The minimum atomic E-state index is 0.0336. The Balaban J connectivity index is 1.43. The van der Waals surface area contributed by atoms with Crippen LogP contribution in [0.25, 0.3) is 0 Å². The van der Waals surface area contributed by atoms with E-state index in [1.165, 1.54) is 5.56 Å². The van der Waals surface area contributed by atoms with Crippen LogP contribution in [0.15, 0.2) is 48.8 Å². The zero-order valence-electron chi connectivity index (χ0n) is 14.0. The minimum absolute atomic E-state index is 0.0336. The lowest BCUT2D eigenvalue weighted by molar-refractivity contribution is -0.0427. The molecule has 3 heterocycles. The maximum Gasteiger partial charge on any atom is 0.253 e. The molecule has 2 saturated heterocycles. The number of nitrogens with zero attached hydrogens (tertiary/aromatic N) is 4. The van der Waals surface area contributed by atoms with E-state index in [-0.39, 0.29) is 5.91 Å². The lowest BCUT2D eigenvalue weighted by Gasteiger charge is -2.53. The molecule has 1 aromatic heterocycles. The molecular formula is C20H20N4O. The van der Waals surface area contributed by atoms with Crippen LogP contribution in [0.5, 0.6) is 0 Å². The van der Waals surface area contributed by atoms with E-state index in [4.69, 9.17) is 5.26 Å². The summed E-state index contributed by atoms with van der Waals surface area (Å²) in [6.07, 6.45) is 4.71. The Hall–Kier alpha value is -2.71. The average Bonchev–Trinajstić information content (AvgIpc) is 2.66. The molecule has 1 aromatic carbocycles. The standard InChI is InChI=1S/C20H20N4O/c21-11-16-2-1-3-17(10-16)20(25)23-9-6-18-13-24(19(18)14-23)12-15-4-7-22-8-5-15/h1-5,7-8,10,18-19H,6,9,12-14H2/t18-,19-/m1/s1. The normalized spacial score (nSPS) is 22.6. The van der Waals surface area contributed by atoms with Crippen molar-refractivity contribution in [3.63, 3.8) is 0 Å². The van der Waals surface area contributed by atoms with E-state index in [2.05, 4.69) is 16.0 Å². The number of amides is 1. The van der Waals surface area contributed by atoms with E-state index in [1.807, 2.05) is 29.4 Å². The summed E-state index contributed by atoms with van der Waals surface area (Å²) >= 11 is 0. The number of carbonyl (C=O) groups is 1. The summed E-state index contributed by atoms with van der Waals surface area (Å²) in [5.74, 6) is 0.725. The molecule has 0 N–H and O–H groups in total. The number of likely N-dealkylation sites (tertiary alicyclic amines) is 2. The van der Waals surface area contributed by atoms with Crippen molar-refractivity contribution >= 4 is 5.91 Å². The van der Waals surface area contributed by atoms with Crippen LogP contribution in [0.1, 0.15) is 27.9 Å². The summed E-state index contributed by atoms with van der Waals surface area (Å²) in [6.45, 7) is 3.60. The average molecular weight is 332 g/mol. The minimum Gasteiger partial charge on any atom is -0.337 e. The van der Waals surface area contributed by atoms with Crippen LogP contribution in [0, 0.1) is 17.2 Å². The third kappa shape index (κ3) is 3.13. The molecule has 0 bridgehead atoms. The number of benzene rings is 1. The summed E-state index contributed by atoms with van der Waals surface area (Å²) in [4.78, 5) is 21.3. The second-order valence-electron chi connectivity index (χ2n) is 6.84. The molecule has 25 heavy (non-hydrogen) atoms. The smallest absolute Gasteiger partial charge is 0.253 e. The molecule has 0 aliphatic carbocycles. The number of hydrogen-bond acceptors (Lipinski definition) is 4. The predicted octanol–water partition coefficient (Wildman–Crippen LogP) is 2.30. The fraction of sp³-hybridized carbons (Fsp3) is 0.350. The number of nitriles is 1. The fourth-order valence-corrected chi connectivity index (χ4v) is 3.90. The van der Waals surface area contributed by atoms with Gasteiger partial charge in [-0.25, -0.2) is 0 Å². The first-order chi connectivity index (χ1) is 12.2. The van der Waals surface area contributed by atoms with Gasteiger partial charge in [0.15, 0.2) is 0 Å². The molecule has 1 amide bonds. The first-order valence-electron chi connectivity index (χ1n) is 8.67. The number of rotatable bonds is 3. The third-order valence-corrected chi connectivity index (χ3v) is 5.32. The van der Waals surface area contributed by atoms with Gasteiger partial charge in [0.1, 0.15) is 0 Å². The van der Waals surface area contributed by atoms with Gasteiger partial charge >= 0.3 is 0 Å². The molecule has 2 atom stereocenters. The van der Waals surface area contributed by atoms with Gasteiger partial charge in [-0.3, -0.25) is 14.7 Å². The third-order valence-electron chi connectivity index (χ3n) is 5.32. The molecule has 126 valence electrons. The van der Waals surface area contributed by atoms with E-state index in [9.17, 15) is 4.79 Å². The Morgan fingerprint density at radius 3 is 2.88 bits per heavy atom. The summed E-state index contributed by atoms with van der Waals surface area (Å²) in [5, 5.41) is 9.03. The van der Waals surface area contributed by atoms with E-state index < -0.39 is 0 Å². The van der Waals surface area contributed by atoms with Crippen LogP contribution in [0.3, 0.4) is 0 Å². The molecule has 4 rings (SSSR count). The number of pyridine rings is 1. The highest BCUT2D eigenvalue weighted by Gasteiger charge is 2.43. The van der Waals surface area contributed by atoms with Crippen molar-refractivity contribution in [2.24, 2.45) is 5.92 Å². The SMILES string of the molecule is N#Cc1cccc(C(=O)N2CC[C@@H]3CN(Cc4ccncc4)[C@@H]3C2)c1. The van der Waals surface area contributed by atoms with E-state index >= 15 is 0 Å². The first kappa shape index (κ1) is 15.8. The molecule has 5 nitrogen and oxygen atoms in total. The van der Waals surface area contributed by atoms with Gasteiger partial charge in [0, 0.05) is 50.2 Å². The van der Waals surface area contributed by atoms with Crippen molar-refractivity contribution in [3.05, 3.63) is 65.5 Å². The zero-order valence-corrected chi connectivity index (χ0v) is 14.0. The van der Waals surface area contributed by atoms with Crippen molar-refractivity contribution < 1.29 is 4.79 Å². The van der Waals surface area contributed by atoms with Crippen molar-refractivity contribution in [2.45, 2.75) is 19.0 Å². The lowest BCUT2D eigenvalue weighted by Crippen LogP contribution is -2.64. The molecule has 2 aliphatic rings. The Bertz CT molecular complexity index is 814. The van der Waals surface area contributed by atoms with Crippen LogP contribution in [0.4, 0.5) is 0 Å². The second kappa shape index (κ2) is 6.66. The van der Waals surface area contributed by atoms with E-state index in [1.54, 1.807) is 24.3 Å². The first-order valence-corrected chi connectivity index (χ1v) is 8.67. The monoisotopic (exact) mass is 332 g/mol. The van der Waals surface area contributed by atoms with Crippen LogP contribution >= 0.6 is 0 Å². The van der Waals surface area contributed by atoms with Gasteiger partial charge in [0.25, 0.3) is 5.91 Å². The highest BCUT2D eigenvalue weighted by Crippen LogP contribution is 2.34. The molecule has 2 fully saturated rings. The largest absolute Gasteiger partial charge is 0.337 e. The molecule has 2 aromatic rings. The van der Waals surface area contributed by atoms with Crippen LogP contribution in [0.2, 0.25) is 0 Å². The summed E-state index contributed by atoms with van der Waals surface area (Å²) in [6, 6.07) is 13.6. The van der Waals surface area contributed by atoms with Gasteiger partial charge in [-0.05, 0) is 48.2 Å². The number of aromatic nitrogens is 1. The molecule has 5 heteroatoms. The number of piperidine rings is 1. The van der Waals surface area contributed by atoms with E-state index in [0.29, 0.717) is 23.1 Å². The molecule has 0 saturated carbocycles. The summed E-state index contributed by atoms with van der Waals surface area (Å²) < 4.78 is 0. The van der Waals surface area contributed by atoms with Gasteiger partial charge in [-0.15, -0.1) is 0 Å². The quantitative estimate of drug-likeness (QED) is 0.865. The molecule has 0 unspecified atom stereocenters. The van der Waals surface area contributed by atoms with Gasteiger partial charge in [-0.2, -0.15) is 5.26 Å². The van der Waals surface area contributed by atoms with E-state index in [0.717, 1.165) is 32.6 Å². The van der Waals surface area contributed by atoms with Gasteiger partial charge in [0.2, 0.25) is 0 Å². The predicted molar refractivity (Wildman–Crippen MR) is 93.6 cm³/mol. The maximum atomic E-state index is 12.8. The van der Waals surface area contributed by atoms with Crippen molar-refractivity contribution in [1.29, 1.82) is 5.26 Å². The Morgan fingerprint density at radius 2 is 2.08 bits per heavy atom. The Kier molecular flexibility index (Phi) is 4.21. The van der Waals surface area contributed by atoms with Gasteiger partial charge in [-0.1, -0.05) is 6.07 Å². The number of fused-ring (bicyclic) bond motifs is 1. The Labute approximate surface area is 147 Å². The van der Waals surface area contributed by atoms with Crippen LogP contribution in [-0.4, -0.2) is 46.4 Å². The second-order valence-corrected chi connectivity index (χ2v) is 6.84. The number of hydrogen-bond donors (Lipinski definition) is 0. The molecular weight excluding hydrogens is 312 g/mol. The fourth-order valence-electron chi connectivity index (χ4n) is 3.90. The van der Waals surface area contributed by atoms with Crippen molar-refractivity contribution in [2.75, 3.05) is 19.6 Å². The molecule has 0 spiro atoms. The number of carbonyl (C=O) groups excluding carboxylic acids is 1. The summed E-state index contributed by atoms with van der Waals surface area (Å²) in [5.41, 5.74) is 2.40. The summed E-state index contributed by atoms with van der Waals surface area (Å²) in [7, 11) is 0. The molecule has 2 aliphatic heterocycles. The van der Waals surface area contributed by atoms with Gasteiger partial charge in [0.05, 0.1) is 11.6 Å². The zero-order chi connectivity index (χ0) is 17.2. The maximum absolute atomic E-state index is 12.8. The van der Waals surface area contributed by atoms with Crippen molar-refractivity contribution in [3.8, 4) is 6.07 Å². The topological polar surface area (TPSA) is 60.2 Å². The van der Waals surface area contributed by atoms with Crippen LogP contribution < -0.4 is 0 Å². The van der Waals surface area contributed by atoms with Gasteiger partial charge < -0.3 is 4.90 Å². The highest BCUT2D eigenvalue weighted by atomic mass is 16.2. The highest BCUT2D eigenvalue weighted by molar-refractivity contribution is 5.94. The van der Waals surface area contributed by atoms with Crippen LogP contribution in [-0.2, 0) is 6.54 Å².